The maximum absolute atomic E-state index is 12.0. The highest BCUT2D eigenvalue weighted by Gasteiger charge is 2.21. The molecule has 122 valence electrons. The first-order valence-electron chi connectivity index (χ1n) is 8.05. The smallest absolute Gasteiger partial charge is 0.229 e. The molecule has 1 N–H and O–H groups in total. The Morgan fingerprint density at radius 1 is 1.26 bits per heavy atom. The number of hydrogen-bond donors (Lipinski definition) is 1. The maximum Gasteiger partial charge on any atom is 0.229 e. The molecule has 1 heterocycles. The maximum atomic E-state index is 12.0. The fourth-order valence-electron chi connectivity index (χ4n) is 2.91. The van der Waals surface area contributed by atoms with Gasteiger partial charge in [0.2, 0.25) is 11.8 Å². The van der Waals surface area contributed by atoms with Gasteiger partial charge in [0.1, 0.15) is 0 Å². The largest absolute Gasteiger partial charge is 0.348 e. The lowest BCUT2D eigenvalue weighted by Crippen LogP contribution is -2.25. The molecule has 1 amide bonds. The number of carbonyl (C=O) groups is 1. The summed E-state index contributed by atoms with van der Waals surface area (Å²) < 4.78 is 5.34. The van der Waals surface area contributed by atoms with Crippen molar-refractivity contribution >= 4 is 17.5 Å². The van der Waals surface area contributed by atoms with Crippen LogP contribution >= 0.6 is 11.6 Å². The van der Waals surface area contributed by atoms with Gasteiger partial charge in [0.05, 0.1) is 13.0 Å². The van der Waals surface area contributed by atoms with E-state index in [1.54, 1.807) is 6.07 Å². The summed E-state index contributed by atoms with van der Waals surface area (Å²) in [7, 11) is 0. The van der Waals surface area contributed by atoms with Gasteiger partial charge in [-0.1, -0.05) is 54.2 Å². The molecule has 0 radical (unpaired) electrons. The van der Waals surface area contributed by atoms with Crippen molar-refractivity contribution in [2.45, 2.75) is 51.0 Å². The van der Waals surface area contributed by atoms with E-state index in [9.17, 15) is 4.79 Å². The van der Waals surface area contributed by atoms with Crippen LogP contribution in [-0.2, 0) is 17.8 Å². The van der Waals surface area contributed by atoms with Crippen LogP contribution < -0.4 is 5.32 Å². The Hall–Kier alpha value is -1.88. The van der Waals surface area contributed by atoms with E-state index < -0.39 is 0 Å². The van der Waals surface area contributed by atoms with E-state index in [0.29, 0.717) is 22.7 Å². The van der Waals surface area contributed by atoms with Crippen molar-refractivity contribution in [1.82, 2.24) is 15.5 Å². The Kier molecular flexibility index (Phi) is 5.28. The molecule has 1 fully saturated rings. The van der Waals surface area contributed by atoms with E-state index in [0.717, 1.165) is 18.4 Å². The van der Waals surface area contributed by atoms with Gasteiger partial charge in [-0.25, -0.2) is 0 Å². The predicted molar refractivity (Wildman–Crippen MR) is 87.1 cm³/mol. The number of rotatable bonds is 5. The SMILES string of the molecule is O=C(Cc1ccccc1Cl)NCc1noc(C2CCCCC2)n1. The van der Waals surface area contributed by atoms with Gasteiger partial charge in [-0.15, -0.1) is 0 Å². The lowest BCUT2D eigenvalue weighted by Gasteiger charge is -2.17. The molecule has 6 heteroatoms. The van der Waals surface area contributed by atoms with Crippen LogP contribution in [0.15, 0.2) is 28.8 Å². The Bertz CT molecular complexity index is 665. The Balaban J connectivity index is 1.51. The Morgan fingerprint density at radius 2 is 2.04 bits per heavy atom. The third-order valence-corrected chi connectivity index (χ3v) is 4.56. The summed E-state index contributed by atoms with van der Waals surface area (Å²) in [5, 5.41) is 7.37. The Morgan fingerprint density at radius 3 is 2.83 bits per heavy atom. The van der Waals surface area contributed by atoms with E-state index in [4.69, 9.17) is 16.1 Å². The summed E-state index contributed by atoms with van der Waals surface area (Å²) in [6.45, 7) is 0.277. The number of hydrogen-bond acceptors (Lipinski definition) is 4. The van der Waals surface area contributed by atoms with Gasteiger partial charge in [0.25, 0.3) is 0 Å². The van der Waals surface area contributed by atoms with Crippen LogP contribution in [0.3, 0.4) is 0 Å². The van der Waals surface area contributed by atoms with Crippen LogP contribution in [0.5, 0.6) is 0 Å². The lowest BCUT2D eigenvalue weighted by molar-refractivity contribution is -0.120. The van der Waals surface area contributed by atoms with Gasteiger partial charge in [-0.05, 0) is 24.5 Å². The second-order valence-electron chi connectivity index (χ2n) is 5.93. The highest BCUT2D eigenvalue weighted by atomic mass is 35.5. The molecular formula is C17H20ClN3O2. The van der Waals surface area contributed by atoms with E-state index in [1.807, 2.05) is 18.2 Å². The summed E-state index contributed by atoms with van der Waals surface area (Å²) in [6, 6.07) is 7.33. The van der Waals surface area contributed by atoms with Crippen LogP contribution in [0.1, 0.15) is 55.3 Å². The van der Waals surface area contributed by atoms with E-state index in [-0.39, 0.29) is 18.9 Å². The van der Waals surface area contributed by atoms with Gasteiger partial charge in [0.15, 0.2) is 5.82 Å². The number of carbonyl (C=O) groups excluding carboxylic acids is 1. The van der Waals surface area contributed by atoms with Gasteiger partial charge < -0.3 is 9.84 Å². The minimum absolute atomic E-state index is 0.109. The number of nitrogens with zero attached hydrogens (tertiary/aromatic N) is 2. The molecule has 1 aromatic carbocycles. The minimum atomic E-state index is -0.109. The predicted octanol–water partition coefficient (Wildman–Crippen LogP) is 3.63. The standard InChI is InChI=1S/C17H20ClN3O2/c18-14-9-5-4-8-13(14)10-16(22)19-11-15-20-17(23-21-15)12-6-2-1-3-7-12/h4-5,8-9,12H,1-3,6-7,10-11H2,(H,19,22). The molecule has 0 atom stereocenters. The first-order chi connectivity index (χ1) is 11.2. The fourth-order valence-corrected chi connectivity index (χ4v) is 3.11. The summed E-state index contributed by atoms with van der Waals surface area (Å²) >= 11 is 6.06. The summed E-state index contributed by atoms with van der Waals surface area (Å²) in [5.41, 5.74) is 0.808. The molecule has 0 saturated heterocycles. The summed E-state index contributed by atoms with van der Waals surface area (Å²) in [5.74, 6) is 1.50. The van der Waals surface area contributed by atoms with Crippen molar-refractivity contribution in [3.8, 4) is 0 Å². The van der Waals surface area contributed by atoms with Crippen molar-refractivity contribution in [3.05, 3.63) is 46.6 Å². The summed E-state index contributed by atoms with van der Waals surface area (Å²) in [6.07, 6.45) is 6.19. The minimum Gasteiger partial charge on any atom is -0.348 e. The molecule has 3 rings (SSSR count). The average molecular weight is 334 g/mol. The van der Waals surface area contributed by atoms with Crippen LogP contribution in [0.25, 0.3) is 0 Å². The van der Waals surface area contributed by atoms with Crippen LogP contribution in [-0.4, -0.2) is 16.0 Å². The molecule has 1 aromatic heterocycles. The number of benzene rings is 1. The van der Waals surface area contributed by atoms with Crippen molar-refractivity contribution in [3.63, 3.8) is 0 Å². The molecule has 1 saturated carbocycles. The number of aromatic nitrogens is 2. The molecule has 23 heavy (non-hydrogen) atoms. The molecule has 0 spiro atoms. The second-order valence-corrected chi connectivity index (χ2v) is 6.34. The molecule has 5 nitrogen and oxygen atoms in total. The molecular weight excluding hydrogens is 314 g/mol. The van der Waals surface area contributed by atoms with E-state index in [2.05, 4.69) is 15.5 Å². The number of halogens is 1. The van der Waals surface area contributed by atoms with Crippen molar-refractivity contribution in [1.29, 1.82) is 0 Å². The zero-order valence-electron chi connectivity index (χ0n) is 12.9. The topological polar surface area (TPSA) is 68.0 Å². The Labute approximate surface area is 140 Å². The molecule has 0 bridgehead atoms. The molecule has 0 aliphatic heterocycles. The summed E-state index contributed by atoms with van der Waals surface area (Å²) in [4.78, 5) is 16.4. The normalized spacial score (nSPS) is 15.5. The van der Waals surface area contributed by atoms with Crippen LogP contribution in [0.4, 0.5) is 0 Å². The number of nitrogens with one attached hydrogen (secondary N) is 1. The van der Waals surface area contributed by atoms with Gasteiger partial charge in [-0.2, -0.15) is 4.98 Å². The molecule has 0 unspecified atom stereocenters. The lowest BCUT2D eigenvalue weighted by atomic mass is 9.89. The number of amides is 1. The third kappa shape index (κ3) is 4.32. The van der Waals surface area contributed by atoms with Crippen molar-refractivity contribution < 1.29 is 9.32 Å². The zero-order valence-corrected chi connectivity index (χ0v) is 13.7. The highest BCUT2D eigenvalue weighted by molar-refractivity contribution is 6.31. The molecule has 1 aliphatic carbocycles. The second kappa shape index (κ2) is 7.59. The van der Waals surface area contributed by atoms with Crippen molar-refractivity contribution in [2.24, 2.45) is 0 Å². The first-order valence-corrected chi connectivity index (χ1v) is 8.43. The highest BCUT2D eigenvalue weighted by Crippen LogP contribution is 2.31. The third-order valence-electron chi connectivity index (χ3n) is 4.19. The van der Waals surface area contributed by atoms with Crippen LogP contribution in [0, 0.1) is 0 Å². The monoisotopic (exact) mass is 333 g/mol. The van der Waals surface area contributed by atoms with Gasteiger partial charge in [0, 0.05) is 10.9 Å². The first kappa shape index (κ1) is 16.0. The molecule has 1 aliphatic rings. The van der Waals surface area contributed by atoms with Crippen molar-refractivity contribution in [2.75, 3.05) is 0 Å². The van der Waals surface area contributed by atoms with Gasteiger partial charge in [-0.3, -0.25) is 4.79 Å². The quantitative estimate of drug-likeness (QED) is 0.907. The molecule has 2 aromatic rings. The van der Waals surface area contributed by atoms with Crippen LogP contribution in [0.2, 0.25) is 5.02 Å². The van der Waals surface area contributed by atoms with E-state index >= 15 is 0 Å². The average Bonchev–Trinajstić information content (AvgIpc) is 3.05. The fraction of sp³-hybridized carbons (Fsp3) is 0.471. The zero-order chi connectivity index (χ0) is 16.1. The van der Waals surface area contributed by atoms with Gasteiger partial charge >= 0.3 is 0 Å². The van der Waals surface area contributed by atoms with E-state index in [1.165, 1.54) is 19.3 Å².